The first-order valence-electron chi connectivity index (χ1n) is 15.4. The molecule has 0 aromatic heterocycles. The zero-order chi connectivity index (χ0) is 28.2. The van der Waals surface area contributed by atoms with Gasteiger partial charge in [-0.2, -0.15) is 0 Å². The molecule has 0 amide bonds. The van der Waals surface area contributed by atoms with Gasteiger partial charge in [-0.3, -0.25) is 9.80 Å². The van der Waals surface area contributed by atoms with E-state index in [0.29, 0.717) is 12.1 Å². The Kier molecular flexibility index (Phi) is 12.9. The highest BCUT2D eigenvalue weighted by Gasteiger charge is 2.34. The van der Waals surface area contributed by atoms with Crippen molar-refractivity contribution >= 4 is 0 Å². The maximum absolute atomic E-state index is 3.72. The van der Waals surface area contributed by atoms with Crippen LogP contribution in [0.5, 0.6) is 0 Å². The molecule has 39 heavy (non-hydrogen) atoms. The zero-order valence-corrected chi connectivity index (χ0v) is 25.9. The van der Waals surface area contributed by atoms with Gasteiger partial charge < -0.3 is 21.3 Å². The van der Waals surface area contributed by atoms with E-state index in [-0.39, 0.29) is 6.17 Å². The van der Waals surface area contributed by atoms with Crippen molar-refractivity contribution in [2.75, 3.05) is 39.3 Å². The Morgan fingerprint density at radius 1 is 1.00 bits per heavy atom. The monoisotopic (exact) mass is 536 g/mol. The van der Waals surface area contributed by atoms with E-state index >= 15 is 0 Å². The minimum Gasteiger partial charge on any atom is -0.387 e. The molecule has 0 aliphatic carbocycles. The van der Waals surface area contributed by atoms with Crippen LogP contribution in [0.1, 0.15) is 78.4 Å². The van der Waals surface area contributed by atoms with Crippen LogP contribution in [0.25, 0.3) is 0 Å². The summed E-state index contributed by atoms with van der Waals surface area (Å²) >= 11 is 0. The number of hydrogen-bond donors (Lipinski definition) is 4. The van der Waals surface area contributed by atoms with Gasteiger partial charge in [-0.05, 0) is 90.1 Å². The molecule has 3 rings (SSSR count). The summed E-state index contributed by atoms with van der Waals surface area (Å²) in [5, 5.41) is 14.4. The SMILES string of the molecule is CCCN/C(C)=C(/C)NC1=CNC(N2CCN(C(CCNCC)CCc3ccc(C)cc3)C(CC)C2)C(C)=C1. The molecule has 1 fully saturated rings. The fraction of sp³-hybridized carbons (Fsp3) is 0.636. The molecule has 1 aromatic rings. The second kappa shape index (κ2) is 16.1. The van der Waals surface area contributed by atoms with Crippen LogP contribution in [0, 0.1) is 6.92 Å². The van der Waals surface area contributed by atoms with E-state index in [4.69, 9.17) is 0 Å². The summed E-state index contributed by atoms with van der Waals surface area (Å²) in [7, 11) is 0. The molecule has 6 heteroatoms. The summed E-state index contributed by atoms with van der Waals surface area (Å²) in [6, 6.07) is 10.3. The maximum atomic E-state index is 3.72. The van der Waals surface area contributed by atoms with Crippen molar-refractivity contribution in [3.05, 3.63) is 70.3 Å². The first kappa shape index (κ1) is 31.3. The van der Waals surface area contributed by atoms with Crippen molar-refractivity contribution in [1.29, 1.82) is 0 Å². The quantitative estimate of drug-likeness (QED) is 0.230. The average Bonchev–Trinajstić information content (AvgIpc) is 2.94. The Hall–Kier alpha value is -2.28. The minimum absolute atomic E-state index is 0.267. The van der Waals surface area contributed by atoms with Crippen LogP contribution in [0.2, 0.25) is 0 Å². The third-order valence-electron chi connectivity index (χ3n) is 8.40. The molecule has 3 atom stereocenters. The van der Waals surface area contributed by atoms with E-state index in [9.17, 15) is 0 Å². The van der Waals surface area contributed by atoms with Crippen LogP contribution in [0.4, 0.5) is 0 Å². The predicted octanol–water partition coefficient (Wildman–Crippen LogP) is 5.25. The van der Waals surface area contributed by atoms with E-state index in [1.807, 2.05) is 0 Å². The standard InChI is InChI=1S/C33H56N6/c1-8-18-35-27(6)28(7)37-30-22-26(5)33(36-23-30)38-20-21-39(31(9-2)24-38)32(17-19-34-10-3)16-15-29-13-11-25(4)12-14-29/h11-14,22-23,31-37H,8-10,15-21,24H2,1-7H3/b28-27-. The number of nitrogens with one attached hydrogen (secondary N) is 4. The number of aryl methyl sites for hydroxylation is 2. The van der Waals surface area contributed by atoms with Crippen LogP contribution in [-0.4, -0.2) is 67.3 Å². The van der Waals surface area contributed by atoms with Gasteiger partial charge in [0.05, 0.1) is 5.70 Å². The van der Waals surface area contributed by atoms with Crippen LogP contribution < -0.4 is 21.3 Å². The van der Waals surface area contributed by atoms with Crippen molar-refractivity contribution in [2.24, 2.45) is 0 Å². The number of allylic oxidation sites excluding steroid dienone is 3. The number of nitrogens with zero attached hydrogens (tertiary/aromatic N) is 2. The molecule has 0 saturated carbocycles. The summed E-state index contributed by atoms with van der Waals surface area (Å²) in [6.45, 7) is 22.0. The van der Waals surface area contributed by atoms with E-state index < -0.39 is 0 Å². The van der Waals surface area contributed by atoms with Gasteiger partial charge in [0.15, 0.2) is 0 Å². The molecule has 6 nitrogen and oxygen atoms in total. The number of hydrogen-bond acceptors (Lipinski definition) is 6. The first-order valence-corrected chi connectivity index (χ1v) is 15.4. The normalized spacial score (nSPS) is 21.9. The largest absolute Gasteiger partial charge is 0.387 e. The van der Waals surface area contributed by atoms with Crippen molar-refractivity contribution in [2.45, 2.75) is 98.8 Å². The van der Waals surface area contributed by atoms with E-state index in [0.717, 1.165) is 57.8 Å². The lowest BCUT2D eigenvalue weighted by molar-refractivity contribution is 0.0161. The number of benzene rings is 1. The molecule has 218 valence electrons. The van der Waals surface area contributed by atoms with Gasteiger partial charge in [0, 0.05) is 55.9 Å². The lowest BCUT2D eigenvalue weighted by Gasteiger charge is -2.48. The van der Waals surface area contributed by atoms with Crippen molar-refractivity contribution < 1.29 is 0 Å². The van der Waals surface area contributed by atoms with Crippen molar-refractivity contribution in [3.8, 4) is 0 Å². The molecule has 0 spiro atoms. The highest BCUT2D eigenvalue weighted by atomic mass is 15.4. The number of rotatable bonds is 15. The number of dihydropyridines is 1. The van der Waals surface area contributed by atoms with Gasteiger partial charge in [-0.1, -0.05) is 50.6 Å². The molecule has 1 aromatic carbocycles. The summed E-state index contributed by atoms with van der Waals surface area (Å²) < 4.78 is 0. The summed E-state index contributed by atoms with van der Waals surface area (Å²) in [6.07, 6.45) is 10.6. The van der Waals surface area contributed by atoms with Crippen LogP contribution >= 0.6 is 0 Å². The lowest BCUT2D eigenvalue weighted by atomic mass is 9.96. The molecular weight excluding hydrogens is 480 g/mol. The van der Waals surface area contributed by atoms with E-state index in [1.165, 1.54) is 47.4 Å². The second-order valence-corrected chi connectivity index (χ2v) is 11.5. The zero-order valence-electron chi connectivity index (χ0n) is 25.9. The Balaban J connectivity index is 1.61. The molecule has 4 N–H and O–H groups in total. The summed E-state index contributed by atoms with van der Waals surface area (Å²) in [5.41, 5.74) is 7.69. The molecular formula is C33H56N6. The Bertz CT molecular complexity index is 963. The van der Waals surface area contributed by atoms with E-state index in [1.54, 1.807) is 0 Å². The van der Waals surface area contributed by atoms with Crippen LogP contribution in [0.3, 0.4) is 0 Å². The molecule has 2 aliphatic heterocycles. The average molecular weight is 537 g/mol. The first-order chi connectivity index (χ1) is 18.9. The topological polar surface area (TPSA) is 54.6 Å². The minimum atomic E-state index is 0.267. The Morgan fingerprint density at radius 3 is 2.44 bits per heavy atom. The van der Waals surface area contributed by atoms with Crippen molar-refractivity contribution in [3.63, 3.8) is 0 Å². The second-order valence-electron chi connectivity index (χ2n) is 11.5. The van der Waals surface area contributed by atoms with Gasteiger partial charge in [0.25, 0.3) is 0 Å². The fourth-order valence-electron chi connectivity index (χ4n) is 5.87. The van der Waals surface area contributed by atoms with Gasteiger partial charge in [0.2, 0.25) is 0 Å². The molecule has 0 bridgehead atoms. The molecule has 2 heterocycles. The third-order valence-corrected chi connectivity index (χ3v) is 8.40. The smallest absolute Gasteiger partial charge is 0.101 e. The summed E-state index contributed by atoms with van der Waals surface area (Å²) in [5.74, 6) is 0. The van der Waals surface area contributed by atoms with Crippen LogP contribution in [-0.2, 0) is 6.42 Å². The Morgan fingerprint density at radius 2 is 1.77 bits per heavy atom. The molecule has 1 saturated heterocycles. The summed E-state index contributed by atoms with van der Waals surface area (Å²) in [4.78, 5) is 5.49. The van der Waals surface area contributed by atoms with Gasteiger partial charge >= 0.3 is 0 Å². The fourth-order valence-corrected chi connectivity index (χ4v) is 5.87. The third kappa shape index (κ3) is 9.40. The van der Waals surface area contributed by atoms with Gasteiger partial charge in [0.1, 0.15) is 6.17 Å². The highest BCUT2D eigenvalue weighted by Crippen LogP contribution is 2.25. The van der Waals surface area contributed by atoms with Gasteiger partial charge in [-0.25, -0.2) is 0 Å². The molecule has 2 aliphatic rings. The highest BCUT2D eigenvalue weighted by molar-refractivity contribution is 5.31. The van der Waals surface area contributed by atoms with Crippen molar-refractivity contribution in [1.82, 2.24) is 31.1 Å². The van der Waals surface area contributed by atoms with E-state index in [2.05, 4.69) is 116 Å². The molecule has 3 unspecified atom stereocenters. The van der Waals surface area contributed by atoms with Crippen LogP contribution in [0.15, 0.2) is 59.2 Å². The lowest BCUT2D eigenvalue weighted by Crippen LogP contribution is -2.61. The predicted molar refractivity (Wildman–Crippen MR) is 167 cm³/mol. The number of piperazine rings is 1. The maximum Gasteiger partial charge on any atom is 0.101 e. The molecule has 0 radical (unpaired) electrons. The van der Waals surface area contributed by atoms with Gasteiger partial charge in [-0.15, -0.1) is 0 Å². The Labute approximate surface area is 239 Å².